The van der Waals surface area contributed by atoms with E-state index in [0.29, 0.717) is 0 Å². The van der Waals surface area contributed by atoms with Crippen molar-refractivity contribution in [3.05, 3.63) is 0 Å². The van der Waals surface area contributed by atoms with E-state index >= 15 is 0 Å². The van der Waals surface area contributed by atoms with E-state index in [0.717, 1.165) is 0 Å². The number of rotatable bonds is 0. The third-order valence-electron chi connectivity index (χ3n) is 1.76. The molecule has 0 aromatic carbocycles. The fourth-order valence-electron chi connectivity index (χ4n) is 0.861. The summed E-state index contributed by atoms with van der Waals surface area (Å²) in [6.07, 6.45) is 11.8. The Labute approximate surface area is 51.3 Å². The maximum absolute atomic E-state index is 5.25. The topological polar surface area (TPSA) is 0 Å². The van der Waals surface area contributed by atoms with Crippen molar-refractivity contribution in [2.45, 2.75) is 18.5 Å². The maximum atomic E-state index is 5.25. The lowest BCUT2D eigenvalue weighted by atomic mass is 10.5. The molecule has 0 N–H and O–H groups in total. The lowest BCUT2D eigenvalue weighted by Gasteiger charge is -2.27. The molecule has 1 aliphatic rings. The Kier molecular flexibility index (Phi) is 1.16. The predicted octanol–water partition coefficient (Wildman–Crippen LogP) is 1.18. The molecule has 0 aromatic heterocycles. The minimum atomic E-state index is -1.44. The van der Waals surface area contributed by atoms with Gasteiger partial charge < -0.3 is 0 Å². The molecule has 8 heavy (non-hydrogen) atoms. The van der Waals surface area contributed by atoms with Crippen molar-refractivity contribution >= 4 is 8.07 Å². The second-order valence-electron chi connectivity index (χ2n) is 2.22. The summed E-state index contributed by atoms with van der Waals surface area (Å²) in [5.74, 6) is 0. The zero-order valence-electron chi connectivity index (χ0n) is 4.78. The lowest BCUT2D eigenvalue weighted by molar-refractivity contribution is 0.934. The summed E-state index contributed by atoms with van der Waals surface area (Å²) < 4.78 is 0. The Morgan fingerprint density at radius 3 is 1.62 bits per heavy atom. The van der Waals surface area contributed by atoms with Crippen LogP contribution >= 0.6 is 0 Å². The van der Waals surface area contributed by atoms with Crippen molar-refractivity contribution in [3.63, 3.8) is 0 Å². The van der Waals surface area contributed by atoms with Gasteiger partial charge >= 0.3 is 0 Å². The van der Waals surface area contributed by atoms with Gasteiger partial charge in [0.2, 0.25) is 8.07 Å². The molecule has 1 fully saturated rings. The van der Waals surface area contributed by atoms with Gasteiger partial charge in [-0.15, -0.1) is 23.9 Å². The Balaban J connectivity index is 2.66. The molecule has 0 bridgehead atoms. The van der Waals surface area contributed by atoms with Crippen molar-refractivity contribution < 1.29 is 0 Å². The van der Waals surface area contributed by atoms with E-state index < -0.39 is 8.07 Å². The first-order valence-corrected chi connectivity index (χ1v) is 5.20. The van der Waals surface area contributed by atoms with Gasteiger partial charge in [0.1, 0.15) is 0 Å². The number of hydrogen-bond donors (Lipinski definition) is 0. The molecule has 1 heterocycles. The van der Waals surface area contributed by atoms with Gasteiger partial charge in [-0.2, -0.15) is 0 Å². The molecular weight excluding hydrogens is 112 g/mol. The quantitative estimate of drug-likeness (QED) is 0.333. The van der Waals surface area contributed by atoms with Gasteiger partial charge in [-0.1, -0.05) is 6.42 Å². The van der Waals surface area contributed by atoms with Crippen LogP contribution < -0.4 is 0 Å². The predicted molar refractivity (Wildman–Crippen MR) is 37.7 cm³/mol. The van der Waals surface area contributed by atoms with Crippen LogP contribution in [0.2, 0.25) is 12.1 Å². The van der Waals surface area contributed by atoms with Crippen LogP contribution in [0.1, 0.15) is 6.42 Å². The van der Waals surface area contributed by atoms with Gasteiger partial charge in [0.25, 0.3) is 0 Å². The van der Waals surface area contributed by atoms with Crippen LogP contribution in [-0.2, 0) is 0 Å². The van der Waals surface area contributed by atoms with E-state index in [-0.39, 0.29) is 0 Å². The zero-order chi connectivity index (χ0) is 6.04. The second kappa shape index (κ2) is 1.69. The summed E-state index contributed by atoms with van der Waals surface area (Å²) >= 11 is 0. The van der Waals surface area contributed by atoms with E-state index in [1.54, 1.807) is 0 Å². The number of terminal acetylenes is 2. The first-order valence-electron chi connectivity index (χ1n) is 2.78. The highest BCUT2D eigenvalue weighted by atomic mass is 28.3. The van der Waals surface area contributed by atoms with Gasteiger partial charge in [0.15, 0.2) is 0 Å². The fourth-order valence-corrected chi connectivity index (χ4v) is 2.58. The maximum Gasteiger partial charge on any atom is 0.215 e. The zero-order valence-corrected chi connectivity index (χ0v) is 5.78. The molecule has 0 amide bonds. The van der Waals surface area contributed by atoms with Crippen molar-refractivity contribution in [2.75, 3.05) is 0 Å². The van der Waals surface area contributed by atoms with Gasteiger partial charge in [0.05, 0.1) is 0 Å². The van der Waals surface area contributed by atoms with E-state index in [1.807, 2.05) is 0 Å². The standard InChI is InChI=1S/C7H8Si/c1-3-8(4-2)6-5-7-8/h1-2H,5-7H2. The van der Waals surface area contributed by atoms with Gasteiger partial charge in [-0.05, 0) is 12.1 Å². The number of hydrogen-bond acceptors (Lipinski definition) is 0. The van der Waals surface area contributed by atoms with Crippen LogP contribution in [0.15, 0.2) is 0 Å². The Morgan fingerprint density at radius 2 is 1.62 bits per heavy atom. The minimum absolute atomic E-state index is 1.17. The largest absolute Gasteiger partial charge is 0.215 e. The average Bonchev–Trinajstić information content (AvgIpc) is 1.67. The molecule has 0 aliphatic carbocycles. The molecule has 0 spiro atoms. The molecule has 0 saturated carbocycles. The second-order valence-corrected chi connectivity index (χ2v) is 5.97. The smallest absolute Gasteiger partial charge is 0.126 e. The third kappa shape index (κ3) is 0.564. The van der Waals surface area contributed by atoms with Crippen LogP contribution in [0.5, 0.6) is 0 Å². The molecule has 1 heteroatoms. The normalized spacial score (nSPS) is 22.2. The van der Waals surface area contributed by atoms with E-state index in [2.05, 4.69) is 11.1 Å². The van der Waals surface area contributed by atoms with Crippen LogP contribution in [0.3, 0.4) is 0 Å². The van der Waals surface area contributed by atoms with Crippen molar-refractivity contribution in [3.8, 4) is 23.9 Å². The lowest BCUT2D eigenvalue weighted by Crippen LogP contribution is -2.38. The first-order chi connectivity index (χ1) is 3.83. The van der Waals surface area contributed by atoms with Crippen molar-refractivity contribution in [1.29, 1.82) is 0 Å². The monoisotopic (exact) mass is 120 g/mol. The molecule has 40 valence electrons. The third-order valence-corrected chi connectivity index (χ3v) is 5.28. The SMILES string of the molecule is C#C[Si]1(C#C)CCC1. The first kappa shape index (κ1) is 5.47. The Hall–Kier alpha value is -0.663. The van der Waals surface area contributed by atoms with Crippen molar-refractivity contribution in [1.82, 2.24) is 0 Å². The Bertz CT molecular complexity index is 148. The molecule has 0 radical (unpaired) electrons. The molecule has 0 unspecified atom stereocenters. The molecule has 1 saturated heterocycles. The van der Waals surface area contributed by atoms with Crippen molar-refractivity contribution in [2.24, 2.45) is 0 Å². The van der Waals surface area contributed by atoms with Crippen LogP contribution in [0.4, 0.5) is 0 Å². The summed E-state index contributed by atoms with van der Waals surface area (Å²) in [6, 6.07) is 2.33. The molecule has 0 aromatic rings. The fraction of sp³-hybridized carbons (Fsp3) is 0.429. The molecule has 1 rings (SSSR count). The molecule has 0 atom stereocenters. The van der Waals surface area contributed by atoms with Gasteiger partial charge in [-0.3, -0.25) is 0 Å². The summed E-state index contributed by atoms with van der Waals surface area (Å²) in [7, 11) is -1.44. The Morgan fingerprint density at radius 1 is 1.12 bits per heavy atom. The molecule has 1 aliphatic heterocycles. The highest BCUT2D eigenvalue weighted by molar-refractivity contribution is 6.96. The summed E-state index contributed by atoms with van der Waals surface area (Å²) in [4.78, 5) is 0. The average molecular weight is 120 g/mol. The van der Waals surface area contributed by atoms with Gasteiger partial charge in [-0.25, -0.2) is 0 Å². The van der Waals surface area contributed by atoms with Crippen LogP contribution in [0.25, 0.3) is 0 Å². The summed E-state index contributed by atoms with van der Waals surface area (Å²) in [5.41, 5.74) is 5.53. The summed E-state index contributed by atoms with van der Waals surface area (Å²) in [6.45, 7) is 0. The van der Waals surface area contributed by atoms with Gasteiger partial charge in [0, 0.05) is 0 Å². The highest BCUT2D eigenvalue weighted by Crippen LogP contribution is 2.30. The van der Waals surface area contributed by atoms with E-state index in [1.165, 1.54) is 18.5 Å². The van der Waals surface area contributed by atoms with Crippen LogP contribution in [0, 0.1) is 23.9 Å². The van der Waals surface area contributed by atoms with Crippen LogP contribution in [-0.4, -0.2) is 8.07 Å². The minimum Gasteiger partial charge on any atom is -0.126 e. The van der Waals surface area contributed by atoms with E-state index in [4.69, 9.17) is 12.8 Å². The van der Waals surface area contributed by atoms with E-state index in [9.17, 15) is 0 Å². The molecular formula is C7H8Si. The summed E-state index contributed by atoms with van der Waals surface area (Å²) in [5, 5.41) is 0. The highest BCUT2D eigenvalue weighted by Gasteiger charge is 2.36. The molecule has 0 nitrogen and oxygen atoms in total.